The van der Waals surface area contributed by atoms with Crippen molar-refractivity contribution in [3.63, 3.8) is 0 Å². The lowest BCUT2D eigenvalue weighted by Crippen LogP contribution is -2.26. The maximum Gasteiger partial charge on any atom is 0.254 e. The number of aromatic hydroxyl groups is 1. The Kier molecular flexibility index (Phi) is 4.45. The fourth-order valence-corrected chi connectivity index (χ4v) is 2.52. The summed E-state index contributed by atoms with van der Waals surface area (Å²) in [5.74, 6) is 0.121. The number of hydrogen-bond acceptors (Lipinski definition) is 2. The van der Waals surface area contributed by atoms with E-state index in [9.17, 15) is 9.90 Å². The SMILES string of the molecule is Cc1cc(O)ccc1C(=O)N(C)Cc1cccc(Br)c1. The Morgan fingerprint density at radius 3 is 2.65 bits per heavy atom. The number of benzene rings is 2. The largest absolute Gasteiger partial charge is 0.508 e. The highest BCUT2D eigenvalue weighted by molar-refractivity contribution is 9.10. The highest BCUT2D eigenvalue weighted by Gasteiger charge is 2.14. The van der Waals surface area contributed by atoms with Crippen LogP contribution in [0, 0.1) is 6.92 Å². The Balaban J connectivity index is 2.16. The molecule has 104 valence electrons. The van der Waals surface area contributed by atoms with Gasteiger partial charge in [0, 0.05) is 23.6 Å². The van der Waals surface area contributed by atoms with Gasteiger partial charge in [-0.15, -0.1) is 0 Å². The van der Waals surface area contributed by atoms with E-state index < -0.39 is 0 Å². The normalized spacial score (nSPS) is 10.3. The summed E-state index contributed by atoms with van der Waals surface area (Å²) in [6.45, 7) is 2.36. The van der Waals surface area contributed by atoms with Crippen molar-refractivity contribution in [3.8, 4) is 5.75 Å². The van der Waals surface area contributed by atoms with Gasteiger partial charge < -0.3 is 10.0 Å². The molecule has 0 aromatic heterocycles. The first-order valence-corrected chi connectivity index (χ1v) is 7.06. The fourth-order valence-electron chi connectivity index (χ4n) is 2.07. The fraction of sp³-hybridized carbons (Fsp3) is 0.188. The summed E-state index contributed by atoms with van der Waals surface area (Å²) in [4.78, 5) is 14.1. The third-order valence-electron chi connectivity index (χ3n) is 3.10. The van der Waals surface area contributed by atoms with Crippen molar-refractivity contribution >= 4 is 21.8 Å². The standard InChI is InChI=1S/C16H16BrNO2/c1-11-8-14(19)6-7-15(11)16(20)18(2)10-12-4-3-5-13(17)9-12/h3-9,19H,10H2,1-2H3. The lowest BCUT2D eigenvalue weighted by Gasteiger charge is -2.18. The van der Waals surface area contributed by atoms with Gasteiger partial charge in [0.05, 0.1) is 0 Å². The van der Waals surface area contributed by atoms with Crippen LogP contribution in [0.3, 0.4) is 0 Å². The zero-order valence-corrected chi connectivity index (χ0v) is 13.0. The predicted octanol–water partition coefficient (Wildman–Crippen LogP) is 3.74. The second kappa shape index (κ2) is 6.09. The van der Waals surface area contributed by atoms with E-state index in [2.05, 4.69) is 15.9 Å². The number of nitrogens with zero attached hydrogens (tertiary/aromatic N) is 1. The number of phenols is 1. The van der Waals surface area contributed by atoms with Crippen molar-refractivity contribution in [1.29, 1.82) is 0 Å². The Morgan fingerprint density at radius 2 is 2.00 bits per heavy atom. The van der Waals surface area contributed by atoms with E-state index in [0.29, 0.717) is 12.1 Å². The van der Waals surface area contributed by atoms with Crippen molar-refractivity contribution < 1.29 is 9.90 Å². The Hall–Kier alpha value is -1.81. The third-order valence-corrected chi connectivity index (χ3v) is 3.59. The molecule has 0 aliphatic carbocycles. The molecule has 0 unspecified atom stereocenters. The highest BCUT2D eigenvalue weighted by Crippen LogP contribution is 2.18. The molecule has 0 spiro atoms. The number of phenolic OH excluding ortho intramolecular Hbond substituents is 1. The van der Waals surface area contributed by atoms with Gasteiger partial charge in [-0.05, 0) is 48.4 Å². The molecule has 1 amide bonds. The van der Waals surface area contributed by atoms with Crippen molar-refractivity contribution in [1.82, 2.24) is 4.90 Å². The van der Waals surface area contributed by atoms with Crippen LogP contribution in [-0.4, -0.2) is 23.0 Å². The molecular weight excluding hydrogens is 318 g/mol. The molecule has 0 aliphatic rings. The number of amides is 1. The van der Waals surface area contributed by atoms with Crippen LogP contribution in [0.4, 0.5) is 0 Å². The third kappa shape index (κ3) is 3.39. The Morgan fingerprint density at radius 1 is 1.25 bits per heavy atom. The number of carbonyl (C=O) groups excluding carboxylic acids is 1. The van der Waals surface area contributed by atoms with Crippen LogP contribution in [-0.2, 0) is 6.54 Å². The molecule has 0 heterocycles. The van der Waals surface area contributed by atoms with Gasteiger partial charge in [-0.25, -0.2) is 0 Å². The summed E-state index contributed by atoms with van der Waals surface area (Å²) in [5, 5.41) is 9.39. The van der Waals surface area contributed by atoms with E-state index in [1.54, 1.807) is 24.1 Å². The van der Waals surface area contributed by atoms with E-state index in [4.69, 9.17) is 0 Å². The van der Waals surface area contributed by atoms with E-state index >= 15 is 0 Å². The molecule has 0 bridgehead atoms. The van der Waals surface area contributed by atoms with Crippen LogP contribution in [0.2, 0.25) is 0 Å². The molecule has 1 N–H and O–H groups in total. The average Bonchev–Trinajstić information content (AvgIpc) is 2.38. The first-order chi connectivity index (χ1) is 9.47. The molecule has 0 aliphatic heterocycles. The van der Waals surface area contributed by atoms with Crippen LogP contribution in [0.5, 0.6) is 5.75 Å². The molecule has 0 saturated heterocycles. The van der Waals surface area contributed by atoms with Gasteiger partial charge in [0.2, 0.25) is 0 Å². The lowest BCUT2D eigenvalue weighted by atomic mass is 10.1. The van der Waals surface area contributed by atoms with E-state index in [1.165, 1.54) is 6.07 Å². The predicted molar refractivity (Wildman–Crippen MR) is 82.8 cm³/mol. The second-order valence-electron chi connectivity index (χ2n) is 4.79. The van der Waals surface area contributed by atoms with Crippen molar-refractivity contribution in [2.45, 2.75) is 13.5 Å². The number of aryl methyl sites for hydroxylation is 1. The highest BCUT2D eigenvalue weighted by atomic mass is 79.9. The molecule has 0 fully saturated rings. The van der Waals surface area contributed by atoms with Crippen molar-refractivity contribution in [2.75, 3.05) is 7.05 Å². The summed E-state index contributed by atoms with van der Waals surface area (Å²) in [6, 6.07) is 12.7. The maximum atomic E-state index is 12.4. The maximum absolute atomic E-state index is 12.4. The molecule has 3 nitrogen and oxygen atoms in total. The second-order valence-corrected chi connectivity index (χ2v) is 5.71. The minimum absolute atomic E-state index is 0.0533. The summed E-state index contributed by atoms with van der Waals surface area (Å²) in [6.07, 6.45) is 0. The summed E-state index contributed by atoms with van der Waals surface area (Å²) < 4.78 is 0.997. The zero-order valence-electron chi connectivity index (χ0n) is 11.4. The minimum atomic E-state index is -0.0533. The number of hydrogen-bond donors (Lipinski definition) is 1. The smallest absolute Gasteiger partial charge is 0.254 e. The van der Waals surface area contributed by atoms with Crippen molar-refractivity contribution in [3.05, 3.63) is 63.6 Å². The van der Waals surface area contributed by atoms with Gasteiger partial charge in [0.15, 0.2) is 0 Å². The summed E-state index contributed by atoms with van der Waals surface area (Å²) in [5.41, 5.74) is 2.45. The molecule has 0 radical (unpaired) electrons. The molecule has 2 rings (SSSR count). The van der Waals surface area contributed by atoms with Gasteiger partial charge in [0.25, 0.3) is 5.91 Å². The van der Waals surface area contributed by atoms with Crippen LogP contribution in [0.1, 0.15) is 21.5 Å². The average molecular weight is 334 g/mol. The quantitative estimate of drug-likeness (QED) is 0.929. The molecule has 0 atom stereocenters. The molecule has 4 heteroatoms. The van der Waals surface area contributed by atoms with E-state index in [1.807, 2.05) is 31.2 Å². The Bertz CT molecular complexity index is 640. The molecule has 2 aromatic rings. The van der Waals surface area contributed by atoms with Crippen LogP contribution >= 0.6 is 15.9 Å². The van der Waals surface area contributed by atoms with Crippen LogP contribution in [0.15, 0.2) is 46.9 Å². The zero-order chi connectivity index (χ0) is 14.7. The molecular formula is C16H16BrNO2. The topological polar surface area (TPSA) is 40.5 Å². The van der Waals surface area contributed by atoms with Crippen LogP contribution < -0.4 is 0 Å². The first kappa shape index (κ1) is 14.6. The summed E-state index contributed by atoms with van der Waals surface area (Å²) >= 11 is 3.42. The first-order valence-electron chi connectivity index (χ1n) is 6.27. The molecule has 0 saturated carbocycles. The van der Waals surface area contributed by atoms with Crippen molar-refractivity contribution in [2.24, 2.45) is 0 Å². The van der Waals surface area contributed by atoms with E-state index in [0.717, 1.165) is 15.6 Å². The molecule has 20 heavy (non-hydrogen) atoms. The number of rotatable bonds is 3. The Labute approximate surface area is 127 Å². The molecule has 2 aromatic carbocycles. The minimum Gasteiger partial charge on any atom is -0.508 e. The van der Waals surface area contributed by atoms with Gasteiger partial charge >= 0.3 is 0 Å². The van der Waals surface area contributed by atoms with Gasteiger partial charge in [-0.2, -0.15) is 0 Å². The summed E-state index contributed by atoms with van der Waals surface area (Å²) in [7, 11) is 1.77. The monoisotopic (exact) mass is 333 g/mol. The lowest BCUT2D eigenvalue weighted by molar-refractivity contribution is 0.0784. The van der Waals surface area contributed by atoms with Gasteiger partial charge in [0.1, 0.15) is 5.75 Å². The number of carbonyl (C=O) groups is 1. The van der Waals surface area contributed by atoms with Crippen LogP contribution in [0.25, 0.3) is 0 Å². The van der Waals surface area contributed by atoms with Gasteiger partial charge in [-0.1, -0.05) is 28.1 Å². The number of halogens is 1. The van der Waals surface area contributed by atoms with Gasteiger partial charge in [-0.3, -0.25) is 4.79 Å². The van der Waals surface area contributed by atoms with E-state index in [-0.39, 0.29) is 11.7 Å².